The van der Waals surface area contributed by atoms with Crippen LogP contribution in [0, 0.1) is 15.5 Å². The number of rotatable bonds is 7. The minimum atomic E-state index is -0.326. The zero-order valence-electron chi connectivity index (χ0n) is 11.9. The maximum Gasteiger partial charge on any atom is 0.292 e. The molecule has 0 saturated heterocycles. The van der Waals surface area contributed by atoms with Crippen LogP contribution in [0.2, 0.25) is 0 Å². The van der Waals surface area contributed by atoms with Gasteiger partial charge in [0.25, 0.3) is 5.69 Å². The number of anilines is 1. The average molecular weight is 265 g/mol. The van der Waals surface area contributed by atoms with Crippen molar-refractivity contribution in [3.05, 3.63) is 34.4 Å². The van der Waals surface area contributed by atoms with Crippen molar-refractivity contribution in [3.8, 4) is 0 Å². The first-order valence-corrected chi connectivity index (χ1v) is 6.59. The van der Waals surface area contributed by atoms with Crippen LogP contribution in [0.25, 0.3) is 0 Å². The van der Waals surface area contributed by atoms with E-state index in [2.05, 4.69) is 25.7 Å². The lowest BCUT2D eigenvalue weighted by atomic mass is 9.92. The third kappa shape index (κ3) is 4.21. The number of hydrogen-bond donors (Lipinski definition) is 1. The van der Waals surface area contributed by atoms with E-state index in [0.717, 1.165) is 13.0 Å². The molecule has 0 unspecified atom stereocenters. The molecule has 1 aromatic rings. The SMILES string of the molecule is CCCN(CC(C)(C)CN)c1ccccc1[N+](=O)[O-]. The summed E-state index contributed by atoms with van der Waals surface area (Å²) in [5.74, 6) is 0. The predicted molar refractivity (Wildman–Crippen MR) is 78.4 cm³/mol. The summed E-state index contributed by atoms with van der Waals surface area (Å²) in [6, 6.07) is 6.88. The van der Waals surface area contributed by atoms with Gasteiger partial charge in [-0.2, -0.15) is 0 Å². The van der Waals surface area contributed by atoms with Gasteiger partial charge in [0.05, 0.1) is 4.92 Å². The van der Waals surface area contributed by atoms with Crippen molar-refractivity contribution >= 4 is 11.4 Å². The van der Waals surface area contributed by atoms with Crippen LogP contribution in [-0.4, -0.2) is 24.6 Å². The zero-order valence-corrected chi connectivity index (χ0v) is 11.9. The monoisotopic (exact) mass is 265 g/mol. The number of nitrogens with zero attached hydrogens (tertiary/aromatic N) is 2. The lowest BCUT2D eigenvalue weighted by Crippen LogP contribution is -2.39. The summed E-state index contributed by atoms with van der Waals surface area (Å²) in [7, 11) is 0. The molecule has 0 bridgehead atoms. The van der Waals surface area contributed by atoms with Gasteiger partial charge < -0.3 is 10.6 Å². The molecular weight excluding hydrogens is 242 g/mol. The molecule has 1 rings (SSSR count). The highest BCUT2D eigenvalue weighted by Crippen LogP contribution is 2.30. The van der Waals surface area contributed by atoms with Crippen LogP contribution in [0.4, 0.5) is 11.4 Å². The Kier molecular flexibility index (Phi) is 5.30. The van der Waals surface area contributed by atoms with E-state index in [1.54, 1.807) is 18.2 Å². The van der Waals surface area contributed by atoms with Crippen molar-refractivity contribution in [1.29, 1.82) is 0 Å². The molecule has 0 fully saturated rings. The number of nitrogens with two attached hydrogens (primary N) is 1. The highest BCUT2D eigenvalue weighted by molar-refractivity contribution is 5.63. The maximum absolute atomic E-state index is 11.1. The molecule has 106 valence electrons. The zero-order chi connectivity index (χ0) is 14.5. The van der Waals surface area contributed by atoms with Crippen molar-refractivity contribution in [2.24, 2.45) is 11.1 Å². The normalized spacial score (nSPS) is 11.4. The highest BCUT2D eigenvalue weighted by atomic mass is 16.6. The molecule has 0 saturated carbocycles. The van der Waals surface area contributed by atoms with Gasteiger partial charge in [0.15, 0.2) is 0 Å². The van der Waals surface area contributed by atoms with Gasteiger partial charge in [0, 0.05) is 19.2 Å². The van der Waals surface area contributed by atoms with Crippen LogP contribution in [0.1, 0.15) is 27.2 Å². The van der Waals surface area contributed by atoms with Crippen LogP contribution in [-0.2, 0) is 0 Å². The van der Waals surface area contributed by atoms with Gasteiger partial charge in [-0.15, -0.1) is 0 Å². The van der Waals surface area contributed by atoms with E-state index in [0.29, 0.717) is 18.8 Å². The first-order chi connectivity index (χ1) is 8.91. The van der Waals surface area contributed by atoms with Crippen LogP contribution in [0.15, 0.2) is 24.3 Å². The van der Waals surface area contributed by atoms with Crippen molar-refractivity contribution in [1.82, 2.24) is 0 Å². The summed E-state index contributed by atoms with van der Waals surface area (Å²) in [6.07, 6.45) is 0.937. The summed E-state index contributed by atoms with van der Waals surface area (Å²) < 4.78 is 0. The molecule has 0 amide bonds. The molecule has 19 heavy (non-hydrogen) atoms. The van der Waals surface area contributed by atoms with Crippen molar-refractivity contribution in [2.45, 2.75) is 27.2 Å². The Morgan fingerprint density at radius 2 is 2.00 bits per heavy atom. The fourth-order valence-electron chi connectivity index (χ4n) is 2.02. The van der Waals surface area contributed by atoms with Crippen molar-refractivity contribution < 1.29 is 4.92 Å². The number of nitro groups is 1. The van der Waals surface area contributed by atoms with Gasteiger partial charge in [-0.3, -0.25) is 10.1 Å². The Hall–Kier alpha value is -1.62. The largest absolute Gasteiger partial charge is 0.365 e. The van der Waals surface area contributed by atoms with E-state index in [1.165, 1.54) is 0 Å². The summed E-state index contributed by atoms with van der Waals surface area (Å²) >= 11 is 0. The predicted octanol–water partition coefficient (Wildman–Crippen LogP) is 2.80. The van der Waals surface area contributed by atoms with Crippen LogP contribution in [0.3, 0.4) is 0 Å². The van der Waals surface area contributed by atoms with E-state index < -0.39 is 0 Å². The van der Waals surface area contributed by atoms with Crippen LogP contribution < -0.4 is 10.6 Å². The average Bonchev–Trinajstić information content (AvgIpc) is 2.38. The number of nitro benzene ring substituents is 1. The first-order valence-electron chi connectivity index (χ1n) is 6.59. The van der Waals surface area contributed by atoms with E-state index in [1.807, 2.05) is 6.07 Å². The number of para-hydroxylation sites is 2. The van der Waals surface area contributed by atoms with E-state index in [-0.39, 0.29) is 16.0 Å². The third-order valence-electron chi connectivity index (χ3n) is 3.08. The Balaban J connectivity index is 3.09. The topological polar surface area (TPSA) is 72.4 Å². The molecule has 0 aliphatic rings. The number of benzene rings is 1. The molecule has 2 N–H and O–H groups in total. The molecule has 0 atom stereocenters. The van der Waals surface area contributed by atoms with Crippen LogP contribution in [0.5, 0.6) is 0 Å². The summed E-state index contributed by atoms with van der Waals surface area (Å²) in [5, 5.41) is 11.1. The van der Waals surface area contributed by atoms with Gasteiger partial charge in [-0.1, -0.05) is 32.9 Å². The van der Waals surface area contributed by atoms with Crippen molar-refractivity contribution in [3.63, 3.8) is 0 Å². The standard InChI is InChI=1S/C14H23N3O2/c1-4-9-16(11-14(2,3)10-15)12-7-5-6-8-13(12)17(18)19/h5-8H,4,9-11,15H2,1-3H3. The highest BCUT2D eigenvalue weighted by Gasteiger charge is 2.24. The Labute approximate surface area is 114 Å². The maximum atomic E-state index is 11.1. The summed E-state index contributed by atoms with van der Waals surface area (Å²) in [5.41, 5.74) is 6.53. The second kappa shape index (κ2) is 6.52. The van der Waals surface area contributed by atoms with E-state index >= 15 is 0 Å². The molecule has 5 nitrogen and oxygen atoms in total. The summed E-state index contributed by atoms with van der Waals surface area (Å²) in [6.45, 7) is 8.26. The second-order valence-electron chi connectivity index (χ2n) is 5.54. The van der Waals surface area contributed by atoms with Gasteiger partial charge in [0.2, 0.25) is 0 Å². The molecule has 0 radical (unpaired) electrons. The molecule has 0 aliphatic carbocycles. The van der Waals surface area contributed by atoms with E-state index in [4.69, 9.17) is 5.73 Å². The molecule has 5 heteroatoms. The lowest BCUT2D eigenvalue weighted by molar-refractivity contribution is -0.384. The van der Waals surface area contributed by atoms with Gasteiger partial charge >= 0.3 is 0 Å². The minimum absolute atomic E-state index is 0.0706. The minimum Gasteiger partial charge on any atom is -0.365 e. The van der Waals surface area contributed by atoms with Gasteiger partial charge in [-0.25, -0.2) is 0 Å². The van der Waals surface area contributed by atoms with Crippen LogP contribution >= 0.6 is 0 Å². The lowest BCUT2D eigenvalue weighted by Gasteiger charge is -2.33. The van der Waals surface area contributed by atoms with E-state index in [9.17, 15) is 10.1 Å². The molecule has 0 aliphatic heterocycles. The Morgan fingerprint density at radius 1 is 1.37 bits per heavy atom. The molecule has 1 aromatic carbocycles. The quantitative estimate of drug-likeness (QED) is 0.607. The summed E-state index contributed by atoms with van der Waals surface area (Å²) in [4.78, 5) is 12.9. The fourth-order valence-corrected chi connectivity index (χ4v) is 2.02. The third-order valence-corrected chi connectivity index (χ3v) is 3.08. The Bertz CT molecular complexity index is 432. The van der Waals surface area contributed by atoms with Gasteiger partial charge in [-0.05, 0) is 24.4 Å². The van der Waals surface area contributed by atoms with Gasteiger partial charge in [0.1, 0.15) is 5.69 Å². The second-order valence-corrected chi connectivity index (χ2v) is 5.54. The Morgan fingerprint density at radius 3 is 2.53 bits per heavy atom. The molecular formula is C14H23N3O2. The molecule has 0 spiro atoms. The first kappa shape index (κ1) is 15.4. The smallest absolute Gasteiger partial charge is 0.292 e. The molecule has 0 aromatic heterocycles. The fraction of sp³-hybridized carbons (Fsp3) is 0.571. The molecule has 0 heterocycles. The number of hydrogen-bond acceptors (Lipinski definition) is 4. The van der Waals surface area contributed by atoms with Crippen molar-refractivity contribution in [2.75, 3.05) is 24.5 Å².